The molecule has 1 aromatic heterocycles. The number of halogens is 1. The molecule has 0 fully saturated rings. The lowest BCUT2D eigenvalue weighted by Crippen LogP contribution is -1.58. The highest BCUT2D eigenvalue weighted by atomic mass is 79.9. The van der Waals surface area contributed by atoms with Gasteiger partial charge >= 0.3 is 5.40 Å². The molecule has 46 valence electrons. The molecule has 0 radical (unpaired) electrons. The average Bonchev–Trinajstić information content (AvgIpc) is 2.15. The van der Waals surface area contributed by atoms with Gasteiger partial charge in [0.2, 0.25) is 3.79 Å². The third-order valence-corrected chi connectivity index (χ3v) is 4.04. The van der Waals surface area contributed by atoms with E-state index in [4.69, 9.17) is 5.26 Å². The highest BCUT2D eigenvalue weighted by Crippen LogP contribution is 2.32. The Labute approximate surface area is 65.0 Å². The van der Waals surface area contributed by atoms with Crippen LogP contribution in [0, 0.1) is 17.6 Å². The predicted molar refractivity (Wildman–Crippen MR) is 42.4 cm³/mol. The molecule has 0 aliphatic carbocycles. The molecule has 0 amide bonds. The number of rotatable bonds is 0. The van der Waals surface area contributed by atoms with Gasteiger partial charge in [0.1, 0.15) is 10.5 Å². The Hall–Kier alpha value is -0.330. The summed E-state index contributed by atoms with van der Waals surface area (Å²) in [5, 5.41) is 12.6. The van der Waals surface area contributed by atoms with Gasteiger partial charge in [0.05, 0.1) is 0 Å². The first-order valence-corrected chi connectivity index (χ1v) is 4.51. The van der Waals surface area contributed by atoms with E-state index in [9.17, 15) is 0 Å². The van der Waals surface area contributed by atoms with Crippen molar-refractivity contribution in [3.05, 3.63) is 20.8 Å². The van der Waals surface area contributed by atoms with Crippen LogP contribution in [0.5, 0.6) is 0 Å². The van der Waals surface area contributed by atoms with Crippen LogP contribution in [0.3, 0.4) is 0 Å². The zero-order chi connectivity index (χ0) is 6.85. The van der Waals surface area contributed by atoms with Gasteiger partial charge in [-0.05, 0) is 6.92 Å². The third kappa shape index (κ3) is 1.15. The number of thiophene rings is 1. The first-order chi connectivity index (χ1) is 4.25. The molecule has 0 N–H and O–H groups in total. The summed E-state index contributed by atoms with van der Waals surface area (Å²) in [7, 11) is -0.288. The Morgan fingerprint density at radius 2 is 2.44 bits per heavy atom. The molecule has 0 aromatic carbocycles. The van der Waals surface area contributed by atoms with Crippen LogP contribution in [-0.4, -0.2) is 0 Å². The zero-order valence-electron chi connectivity index (χ0n) is 4.89. The van der Waals surface area contributed by atoms with E-state index < -0.39 is 0 Å². The molecule has 1 rings (SSSR count). The molecule has 0 spiro atoms. The van der Waals surface area contributed by atoms with Gasteiger partial charge < -0.3 is 0 Å². The quantitative estimate of drug-likeness (QED) is 0.594. The Morgan fingerprint density at radius 3 is 2.67 bits per heavy atom. The van der Waals surface area contributed by atoms with E-state index in [0.29, 0.717) is 0 Å². The van der Waals surface area contributed by atoms with Gasteiger partial charge in [-0.3, -0.25) is 0 Å². The lowest BCUT2D eigenvalue weighted by molar-refractivity contribution is 1.53. The van der Waals surface area contributed by atoms with E-state index in [1.54, 1.807) is 0 Å². The first-order valence-electron chi connectivity index (χ1n) is 2.43. The van der Waals surface area contributed by atoms with Crippen molar-refractivity contribution in [1.82, 2.24) is 0 Å². The zero-order valence-corrected chi connectivity index (χ0v) is 7.29. The minimum atomic E-state index is -0.288. The Morgan fingerprint density at radius 1 is 1.78 bits per heavy atom. The van der Waals surface area contributed by atoms with Gasteiger partial charge in [0.15, 0.2) is 5.38 Å². The molecule has 0 bridgehead atoms. The Balaban J connectivity index is 3.24. The van der Waals surface area contributed by atoms with Gasteiger partial charge in [-0.25, -0.2) is 0 Å². The number of hydrogen-bond acceptors (Lipinski definition) is 1. The van der Waals surface area contributed by atoms with Gasteiger partial charge in [-0.1, -0.05) is 0 Å². The average molecular weight is 203 g/mol. The maximum absolute atomic E-state index is 8.50. The summed E-state index contributed by atoms with van der Waals surface area (Å²) < 4.78 is 1.03. The summed E-state index contributed by atoms with van der Waals surface area (Å²) in [6, 6.07) is 1.97. The second kappa shape index (κ2) is 2.51. The number of nitrogens with zero attached hydrogens (tertiary/aromatic N) is 1. The second-order valence-corrected chi connectivity index (χ2v) is 4.54. The SMILES string of the molecule is Cc1cc[s+](C#N)c1Br. The second-order valence-electron chi connectivity index (χ2n) is 1.69. The summed E-state index contributed by atoms with van der Waals surface area (Å²) in [6.07, 6.45) is 0. The number of nitriles is 1. The molecule has 0 saturated heterocycles. The van der Waals surface area contributed by atoms with E-state index in [1.165, 1.54) is 5.56 Å². The molecular formula is C6H5BrNS+. The van der Waals surface area contributed by atoms with Crippen molar-refractivity contribution in [3.8, 4) is 5.40 Å². The predicted octanol–water partition coefficient (Wildman–Crippen LogP) is 2.84. The maximum Gasteiger partial charge on any atom is 0.350 e. The molecule has 0 saturated carbocycles. The van der Waals surface area contributed by atoms with Crippen molar-refractivity contribution in [2.75, 3.05) is 0 Å². The van der Waals surface area contributed by atoms with Crippen molar-refractivity contribution >= 4 is 26.4 Å². The van der Waals surface area contributed by atoms with E-state index in [0.717, 1.165) is 3.79 Å². The molecule has 3 heteroatoms. The highest BCUT2D eigenvalue weighted by molar-refractivity contribution is 9.11. The fraction of sp³-hybridized carbons (Fsp3) is 0.167. The smallest absolute Gasteiger partial charge is 0.130 e. The van der Waals surface area contributed by atoms with Crippen LogP contribution in [0.15, 0.2) is 15.2 Å². The first kappa shape index (κ1) is 6.79. The standard InChI is InChI=1S/C6H5BrNS/c1-5-2-3-9(4-8)6(5)7/h2-3H,1H3/q+1. The van der Waals surface area contributed by atoms with Crippen molar-refractivity contribution in [1.29, 1.82) is 5.26 Å². The van der Waals surface area contributed by atoms with Crippen LogP contribution < -0.4 is 0 Å². The summed E-state index contributed by atoms with van der Waals surface area (Å²) in [5.74, 6) is 0. The lowest BCUT2D eigenvalue weighted by Gasteiger charge is -1.73. The van der Waals surface area contributed by atoms with Crippen LogP contribution in [0.2, 0.25) is 0 Å². The fourth-order valence-corrected chi connectivity index (χ4v) is 2.23. The van der Waals surface area contributed by atoms with Gasteiger partial charge in [0.25, 0.3) is 0 Å². The molecule has 1 aromatic rings. The molecule has 1 heterocycles. The summed E-state index contributed by atoms with van der Waals surface area (Å²) in [6.45, 7) is 1.99. The largest absolute Gasteiger partial charge is 0.350 e. The van der Waals surface area contributed by atoms with Gasteiger partial charge in [-0.2, -0.15) is 0 Å². The summed E-state index contributed by atoms with van der Waals surface area (Å²) in [5.41, 5.74) is 1.17. The molecule has 0 aliphatic heterocycles. The highest BCUT2D eigenvalue weighted by Gasteiger charge is 2.12. The lowest BCUT2D eigenvalue weighted by atomic mass is 10.4. The topological polar surface area (TPSA) is 23.8 Å². The van der Waals surface area contributed by atoms with E-state index in [2.05, 4.69) is 21.3 Å². The van der Waals surface area contributed by atoms with Crippen LogP contribution in [0.1, 0.15) is 5.56 Å². The van der Waals surface area contributed by atoms with Gasteiger partial charge in [-0.15, -0.1) is 5.26 Å². The third-order valence-electron chi connectivity index (χ3n) is 1.06. The van der Waals surface area contributed by atoms with Crippen LogP contribution in [-0.2, 0) is 0 Å². The molecule has 1 nitrogen and oxygen atoms in total. The van der Waals surface area contributed by atoms with E-state index in [1.807, 2.05) is 18.4 Å². The fourth-order valence-electron chi connectivity index (χ4n) is 0.539. The van der Waals surface area contributed by atoms with Crippen molar-refractivity contribution in [2.24, 2.45) is 0 Å². The minimum absolute atomic E-state index is 0.288. The number of aryl methyl sites for hydroxylation is 1. The van der Waals surface area contributed by atoms with Crippen LogP contribution >= 0.6 is 26.4 Å². The molecule has 9 heavy (non-hydrogen) atoms. The van der Waals surface area contributed by atoms with Crippen molar-refractivity contribution in [2.45, 2.75) is 6.92 Å². The monoisotopic (exact) mass is 202 g/mol. The maximum atomic E-state index is 8.50. The molecular weight excluding hydrogens is 198 g/mol. The van der Waals surface area contributed by atoms with E-state index in [-0.39, 0.29) is 10.5 Å². The Kier molecular flexibility index (Phi) is 1.89. The molecule has 0 aliphatic rings. The van der Waals surface area contributed by atoms with Crippen LogP contribution in [0.25, 0.3) is 0 Å². The summed E-state index contributed by atoms with van der Waals surface area (Å²) in [4.78, 5) is 0. The van der Waals surface area contributed by atoms with Crippen molar-refractivity contribution in [3.63, 3.8) is 0 Å². The van der Waals surface area contributed by atoms with Crippen LogP contribution in [0.4, 0.5) is 0 Å². The normalized spacial score (nSPS) is 11.0. The van der Waals surface area contributed by atoms with Crippen molar-refractivity contribution < 1.29 is 0 Å². The molecule has 1 atom stereocenters. The Bertz CT molecular complexity index is 259. The number of hydrogen-bond donors (Lipinski definition) is 0. The molecule has 1 unspecified atom stereocenters. The van der Waals surface area contributed by atoms with Gasteiger partial charge in [0, 0.05) is 27.6 Å². The van der Waals surface area contributed by atoms with E-state index >= 15 is 0 Å². The minimum Gasteiger partial charge on any atom is -0.130 e. The summed E-state index contributed by atoms with van der Waals surface area (Å²) >= 11 is 3.34.